The molecule has 1 aliphatic heterocycles. The van der Waals surface area contributed by atoms with E-state index < -0.39 is 0 Å². The maximum Gasteiger partial charge on any atom is 0.251 e. The van der Waals surface area contributed by atoms with Crippen LogP contribution in [0.1, 0.15) is 22.5 Å². The highest BCUT2D eigenvalue weighted by molar-refractivity contribution is 5.94. The van der Waals surface area contributed by atoms with Crippen LogP contribution in [0.25, 0.3) is 0 Å². The van der Waals surface area contributed by atoms with Gasteiger partial charge in [-0.15, -0.1) is 0 Å². The standard InChI is InChI=1S/C11H15N3O/c1-8-6-9(2-5-13-8)11(15)14-10-3-4-12-7-10/h2,5-6,10,12H,3-4,7H2,1H3,(H,14,15)/t10-/m0/s1. The summed E-state index contributed by atoms with van der Waals surface area (Å²) in [5.74, 6) is -0.00537. The van der Waals surface area contributed by atoms with E-state index in [9.17, 15) is 4.79 Å². The number of carbonyl (C=O) groups excluding carboxylic acids is 1. The fourth-order valence-corrected chi connectivity index (χ4v) is 1.73. The molecule has 1 amide bonds. The molecular weight excluding hydrogens is 190 g/mol. The van der Waals surface area contributed by atoms with Gasteiger partial charge in [0.15, 0.2) is 0 Å². The number of hydrogen-bond acceptors (Lipinski definition) is 3. The first-order valence-electron chi connectivity index (χ1n) is 5.20. The molecule has 2 rings (SSSR count). The van der Waals surface area contributed by atoms with E-state index in [2.05, 4.69) is 15.6 Å². The van der Waals surface area contributed by atoms with E-state index in [0.717, 1.165) is 25.2 Å². The predicted molar refractivity (Wildman–Crippen MR) is 57.7 cm³/mol. The summed E-state index contributed by atoms with van der Waals surface area (Å²) in [4.78, 5) is 15.8. The average Bonchev–Trinajstić information content (AvgIpc) is 2.70. The predicted octanol–water partition coefficient (Wildman–Crippen LogP) is 0.482. The van der Waals surface area contributed by atoms with Gasteiger partial charge in [-0.2, -0.15) is 0 Å². The maximum absolute atomic E-state index is 11.8. The smallest absolute Gasteiger partial charge is 0.251 e. The third kappa shape index (κ3) is 2.53. The summed E-state index contributed by atoms with van der Waals surface area (Å²) in [7, 11) is 0. The highest BCUT2D eigenvalue weighted by atomic mass is 16.1. The summed E-state index contributed by atoms with van der Waals surface area (Å²) in [6.07, 6.45) is 2.67. The lowest BCUT2D eigenvalue weighted by atomic mass is 10.2. The Balaban J connectivity index is 2.01. The third-order valence-electron chi connectivity index (χ3n) is 2.55. The van der Waals surface area contributed by atoms with Crippen LogP contribution in [0.5, 0.6) is 0 Å². The number of rotatable bonds is 2. The minimum absolute atomic E-state index is 0.00537. The summed E-state index contributed by atoms with van der Waals surface area (Å²) in [5.41, 5.74) is 1.56. The van der Waals surface area contributed by atoms with Gasteiger partial charge in [0.05, 0.1) is 0 Å². The zero-order chi connectivity index (χ0) is 10.7. The van der Waals surface area contributed by atoms with Crippen LogP contribution >= 0.6 is 0 Å². The van der Waals surface area contributed by atoms with Gasteiger partial charge in [0.1, 0.15) is 0 Å². The van der Waals surface area contributed by atoms with Crippen LogP contribution in [-0.4, -0.2) is 30.0 Å². The highest BCUT2D eigenvalue weighted by Gasteiger charge is 2.17. The number of carbonyl (C=O) groups is 1. The van der Waals surface area contributed by atoms with Gasteiger partial charge in [0, 0.05) is 30.0 Å². The molecule has 0 radical (unpaired) electrons. The number of nitrogens with one attached hydrogen (secondary N) is 2. The van der Waals surface area contributed by atoms with Crippen LogP contribution in [0.2, 0.25) is 0 Å². The largest absolute Gasteiger partial charge is 0.348 e. The molecule has 2 heterocycles. The van der Waals surface area contributed by atoms with Crippen molar-refractivity contribution in [3.8, 4) is 0 Å². The zero-order valence-electron chi connectivity index (χ0n) is 8.79. The average molecular weight is 205 g/mol. The summed E-state index contributed by atoms with van der Waals surface area (Å²) in [6.45, 7) is 3.74. The van der Waals surface area contributed by atoms with Crippen molar-refractivity contribution in [1.29, 1.82) is 0 Å². The topological polar surface area (TPSA) is 54.0 Å². The second-order valence-corrected chi connectivity index (χ2v) is 3.85. The number of hydrogen-bond donors (Lipinski definition) is 2. The Kier molecular flexibility index (Phi) is 2.97. The normalized spacial score (nSPS) is 20.2. The number of aromatic nitrogens is 1. The number of amides is 1. The Bertz CT molecular complexity index is 359. The van der Waals surface area contributed by atoms with E-state index in [1.807, 2.05) is 6.92 Å². The molecule has 0 unspecified atom stereocenters. The number of nitrogens with zero attached hydrogens (tertiary/aromatic N) is 1. The fourth-order valence-electron chi connectivity index (χ4n) is 1.73. The molecule has 4 nitrogen and oxygen atoms in total. The van der Waals surface area contributed by atoms with Crippen LogP contribution < -0.4 is 10.6 Å². The minimum Gasteiger partial charge on any atom is -0.348 e. The molecule has 1 saturated heterocycles. The number of aryl methyl sites for hydroxylation is 1. The fraction of sp³-hybridized carbons (Fsp3) is 0.455. The second kappa shape index (κ2) is 4.40. The lowest BCUT2D eigenvalue weighted by Crippen LogP contribution is -2.36. The molecule has 15 heavy (non-hydrogen) atoms. The monoisotopic (exact) mass is 205 g/mol. The first kappa shape index (κ1) is 10.1. The molecule has 1 fully saturated rings. The van der Waals surface area contributed by atoms with Crippen LogP contribution in [0.3, 0.4) is 0 Å². The van der Waals surface area contributed by atoms with Crippen molar-refractivity contribution in [2.75, 3.05) is 13.1 Å². The van der Waals surface area contributed by atoms with Crippen LogP contribution in [-0.2, 0) is 0 Å². The lowest BCUT2D eigenvalue weighted by molar-refractivity contribution is 0.0940. The molecule has 0 saturated carbocycles. The van der Waals surface area contributed by atoms with E-state index in [-0.39, 0.29) is 11.9 Å². The summed E-state index contributed by atoms with van der Waals surface area (Å²) >= 11 is 0. The molecule has 1 atom stereocenters. The zero-order valence-corrected chi connectivity index (χ0v) is 8.79. The first-order chi connectivity index (χ1) is 7.25. The summed E-state index contributed by atoms with van der Waals surface area (Å²) in [5, 5.41) is 6.21. The number of pyridine rings is 1. The molecule has 1 aromatic heterocycles. The van der Waals surface area contributed by atoms with Crippen LogP contribution in [0.15, 0.2) is 18.3 Å². The quantitative estimate of drug-likeness (QED) is 0.738. The van der Waals surface area contributed by atoms with Gasteiger partial charge in [0.25, 0.3) is 5.91 Å². The van der Waals surface area contributed by atoms with Crippen molar-refractivity contribution in [1.82, 2.24) is 15.6 Å². The summed E-state index contributed by atoms with van der Waals surface area (Å²) in [6, 6.07) is 3.81. The molecule has 0 aromatic carbocycles. The minimum atomic E-state index is -0.00537. The highest BCUT2D eigenvalue weighted by Crippen LogP contribution is 2.03. The third-order valence-corrected chi connectivity index (χ3v) is 2.55. The van der Waals surface area contributed by atoms with Crippen molar-refractivity contribution in [2.24, 2.45) is 0 Å². The van der Waals surface area contributed by atoms with E-state index >= 15 is 0 Å². The van der Waals surface area contributed by atoms with E-state index in [1.165, 1.54) is 0 Å². The SMILES string of the molecule is Cc1cc(C(=O)N[C@H]2CCNC2)ccn1. The molecule has 1 aromatic rings. The van der Waals surface area contributed by atoms with Gasteiger partial charge < -0.3 is 10.6 Å². The first-order valence-corrected chi connectivity index (χ1v) is 5.20. The maximum atomic E-state index is 11.8. The molecule has 1 aliphatic rings. The van der Waals surface area contributed by atoms with Gasteiger partial charge in [-0.05, 0) is 32.0 Å². The Hall–Kier alpha value is -1.42. The summed E-state index contributed by atoms with van der Waals surface area (Å²) < 4.78 is 0. The molecule has 80 valence electrons. The molecule has 4 heteroatoms. The molecule has 2 N–H and O–H groups in total. The molecule has 0 bridgehead atoms. The van der Waals surface area contributed by atoms with Crippen molar-refractivity contribution >= 4 is 5.91 Å². The van der Waals surface area contributed by atoms with Crippen molar-refractivity contribution < 1.29 is 4.79 Å². The Morgan fingerprint density at radius 3 is 3.20 bits per heavy atom. The van der Waals surface area contributed by atoms with Gasteiger partial charge in [-0.1, -0.05) is 0 Å². The van der Waals surface area contributed by atoms with Gasteiger partial charge >= 0.3 is 0 Å². The van der Waals surface area contributed by atoms with Gasteiger partial charge in [0.2, 0.25) is 0 Å². The van der Waals surface area contributed by atoms with E-state index in [0.29, 0.717) is 5.56 Å². The van der Waals surface area contributed by atoms with Crippen molar-refractivity contribution in [3.63, 3.8) is 0 Å². The Labute approximate surface area is 89.1 Å². The Morgan fingerprint density at radius 1 is 1.67 bits per heavy atom. The lowest BCUT2D eigenvalue weighted by Gasteiger charge is -2.11. The van der Waals surface area contributed by atoms with Crippen LogP contribution in [0, 0.1) is 6.92 Å². The van der Waals surface area contributed by atoms with Crippen LogP contribution in [0.4, 0.5) is 0 Å². The second-order valence-electron chi connectivity index (χ2n) is 3.85. The molecule has 0 spiro atoms. The molecular formula is C11H15N3O. The molecule has 0 aliphatic carbocycles. The van der Waals surface area contributed by atoms with Crippen molar-refractivity contribution in [2.45, 2.75) is 19.4 Å². The van der Waals surface area contributed by atoms with Gasteiger partial charge in [-0.25, -0.2) is 0 Å². The van der Waals surface area contributed by atoms with E-state index in [1.54, 1.807) is 18.3 Å². The Morgan fingerprint density at radius 2 is 2.53 bits per heavy atom. The van der Waals surface area contributed by atoms with E-state index in [4.69, 9.17) is 0 Å². The van der Waals surface area contributed by atoms with Gasteiger partial charge in [-0.3, -0.25) is 9.78 Å². The van der Waals surface area contributed by atoms with Crippen molar-refractivity contribution in [3.05, 3.63) is 29.6 Å².